The van der Waals surface area contributed by atoms with Crippen molar-refractivity contribution in [3.8, 4) is 0 Å². The molecule has 0 bridgehead atoms. The zero-order chi connectivity index (χ0) is 18.5. The molecule has 0 unspecified atom stereocenters. The third-order valence-corrected chi connectivity index (χ3v) is 3.90. The molecule has 0 fully saturated rings. The van der Waals surface area contributed by atoms with Crippen molar-refractivity contribution < 1.29 is 4.74 Å². The van der Waals surface area contributed by atoms with Gasteiger partial charge in [-0.25, -0.2) is 0 Å². The van der Waals surface area contributed by atoms with Crippen LogP contribution in [-0.2, 0) is 4.74 Å². The number of ether oxygens (including phenoxy) is 1. The summed E-state index contributed by atoms with van der Waals surface area (Å²) in [5.41, 5.74) is 2.74. The predicted molar refractivity (Wildman–Crippen MR) is 103 cm³/mol. The Labute approximate surface area is 146 Å². The molecule has 2 heteroatoms. The molecule has 0 N–H and O–H groups in total. The van der Waals surface area contributed by atoms with Crippen molar-refractivity contribution >= 4 is 0 Å². The highest BCUT2D eigenvalue weighted by atomic mass is 16.5. The number of hydrogen-bond donors (Lipinski definition) is 0. The van der Waals surface area contributed by atoms with Crippen LogP contribution in [0.5, 0.6) is 0 Å². The summed E-state index contributed by atoms with van der Waals surface area (Å²) in [5.74, 6) is 4.07. The summed E-state index contributed by atoms with van der Waals surface area (Å²) >= 11 is 0. The van der Waals surface area contributed by atoms with E-state index < -0.39 is 0 Å². The summed E-state index contributed by atoms with van der Waals surface area (Å²) in [6, 6.07) is 0.450. The van der Waals surface area contributed by atoms with Crippen molar-refractivity contribution in [1.29, 1.82) is 0 Å². The van der Waals surface area contributed by atoms with Crippen molar-refractivity contribution in [2.75, 3.05) is 0 Å². The lowest BCUT2D eigenvalue weighted by atomic mass is 9.93. The maximum atomic E-state index is 6.46. The molecular weight excluding hydrogens is 282 g/mol. The molecule has 1 heterocycles. The Morgan fingerprint density at radius 1 is 0.565 bits per heavy atom. The van der Waals surface area contributed by atoms with E-state index in [2.05, 4.69) is 74.1 Å². The normalized spacial score (nSPS) is 16.0. The van der Waals surface area contributed by atoms with Crippen LogP contribution < -0.4 is 0 Å². The van der Waals surface area contributed by atoms with Crippen LogP contribution >= 0.6 is 0 Å². The van der Waals surface area contributed by atoms with Crippen molar-refractivity contribution in [2.24, 2.45) is 23.7 Å². The Bertz CT molecular complexity index is 389. The Balaban J connectivity index is 0.00000232. The number of nitrogens with zero attached hydrogens (tertiary/aromatic N) is 1. The molecule has 1 aliphatic rings. The van der Waals surface area contributed by atoms with E-state index in [0.29, 0.717) is 29.7 Å². The van der Waals surface area contributed by atoms with E-state index in [1.807, 2.05) is 13.8 Å². The largest absolute Gasteiger partial charge is 0.462 e. The minimum atomic E-state index is 0.408. The molecule has 0 spiro atoms. The van der Waals surface area contributed by atoms with Crippen LogP contribution in [-0.4, -0.2) is 10.9 Å². The predicted octanol–water partition coefficient (Wildman–Crippen LogP) is 6.80. The van der Waals surface area contributed by atoms with E-state index in [4.69, 9.17) is 4.74 Å². The van der Waals surface area contributed by atoms with E-state index in [9.17, 15) is 0 Å². The van der Waals surface area contributed by atoms with Gasteiger partial charge < -0.3 is 9.64 Å². The zero-order valence-corrected chi connectivity index (χ0v) is 17.7. The van der Waals surface area contributed by atoms with E-state index in [-0.39, 0.29) is 0 Å². The van der Waals surface area contributed by atoms with Crippen LogP contribution in [0.3, 0.4) is 0 Å². The quantitative estimate of drug-likeness (QED) is 0.551. The second kappa shape index (κ2) is 9.39. The van der Waals surface area contributed by atoms with E-state index >= 15 is 0 Å². The van der Waals surface area contributed by atoms with Gasteiger partial charge in [-0.15, -0.1) is 0 Å². The fourth-order valence-corrected chi connectivity index (χ4v) is 3.10. The van der Waals surface area contributed by atoms with Crippen molar-refractivity contribution in [1.82, 2.24) is 4.90 Å². The summed E-state index contributed by atoms with van der Waals surface area (Å²) in [6.45, 7) is 26.6. The van der Waals surface area contributed by atoms with Crippen molar-refractivity contribution in [3.05, 3.63) is 22.9 Å². The van der Waals surface area contributed by atoms with Crippen LogP contribution in [0.15, 0.2) is 22.9 Å². The molecule has 0 saturated carbocycles. The highest BCUT2D eigenvalue weighted by Gasteiger charge is 2.35. The van der Waals surface area contributed by atoms with Gasteiger partial charge in [-0.1, -0.05) is 69.2 Å². The van der Waals surface area contributed by atoms with Crippen LogP contribution in [0.4, 0.5) is 0 Å². The Hall–Kier alpha value is -0.920. The highest BCUT2D eigenvalue weighted by Crippen LogP contribution is 2.41. The molecule has 0 radical (unpaired) electrons. The van der Waals surface area contributed by atoms with Gasteiger partial charge in [0, 0.05) is 17.9 Å². The molecule has 0 saturated heterocycles. The van der Waals surface area contributed by atoms with Gasteiger partial charge in [-0.2, -0.15) is 0 Å². The summed E-state index contributed by atoms with van der Waals surface area (Å²) < 4.78 is 6.46. The van der Waals surface area contributed by atoms with Gasteiger partial charge in [-0.05, 0) is 25.7 Å². The second-order valence-electron chi connectivity index (χ2n) is 7.68. The number of hydrogen-bond acceptors (Lipinski definition) is 2. The molecule has 0 aromatic heterocycles. The standard InChI is InChI=1S/C19H35NO.C2H6/c1-11(2)16-18(13(5)6)21-19(14(7)8)17(12(3)4)20(16)15(9)10;1-2/h11-15H,1-10H3;1-2H3. The van der Waals surface area contributed by atoms with Gasteiger partial charge in [0.2, 0.25) is 0 Å². The molecule has 1 rings (SSSR count). The lowest BCUT2D eigenvalue weighted by molar-refractivity contribution is 0.143. The summed E-state index contributed by atoms with van der Waals surface area (Å²) in [6.07, 6.45) is 0. The first-order valence-corrected chi connectivity index (χ1v) is 9.54. The minimum absolute atomic E-state index is 0.408. The molecule has 0 aromatic rings. The first-order valence-electron chi connectivity index (χ1n) is 9.54. The average molecular weight is 324 g/mol. The molecule has 136 valence electrons. The van der Waals surface area contributed by atoms with E-state index in [1.165, 1.54) is 11.4 Å². The average Bonchev–Trinajstić information content (AvgIpc) is 2.46. The summed E-state index contributed by atoms with van der Waals surface area (Å²) in [5, 5.41) is 0. The molecule has 0 aliphatic carbocycles. The van der Waals surface area contributed by atoms with Crippen LogP contribution in [0.25, 0.3) is 0 Å². The molecule has 0 amide bonds. The maximum Gasteiger partial charge on any atom is 0.126 e. The van der Waals surface area contributed by atoms with Crippen molar-refractivity contribution in [3.63, 3.8) is 0 Å². The van der Waals surface area contributed by atoms with E-state index in [1.54, 1.807) is 0 Å². The molecule has 2 nitrogen and oxygen atoms in total. The maximum absolute atomic E-state index is 6.46. The van der Waals surface area contributed by atoms with Gasteiger partial charge in [-0.3, -0.25) is 0 Å². The highest BCUT2D eigenvalue weighted by molar-refractivity contribution is 5.29. The summed E-state index contributed by atoms with van der Waals surface area (Å²) in [4.78, 5) is 2.55. The fraction of sp³-hybridized carbons (Fsp3) is 0.810. The minimum Gasteiger partial charge on any atom is -0.462 e. The zero-order valence-electron chi connectivity index (χ0n) is 17.7. The Kier molecular flexibility index (Phi) is 9.02. The third kappa shape index (κ3) is 5.02. The second-order valence-corrected chi connectivity index (χ2v) is 7.68. The number of allylic oxidation sites excluding steroid dienone is 4. The summed E-state index contributed by atoms with van der Waals surface area (Å²) in [7, 11) is 0. The molecule has 23 heavy (non-hydrogen) atoms. The van der Waals surface area contributed by atoms with Crippen LogP contribution in [0.1, 0.15) is 83.1 Å². The number of rotatable bonds is 5. The van der Waals surface area contributed by atoms with E-state index in [0.717, 1.165) is 11.5 Å². The van der Waals surface area contributed by atoms with Gasteiger partial charge in [0.25, 0.3) is 0 Å². The van der Waals surface area contributed by atoms with Gasteiger partial charge in [0.1, 0.15) is 11.5 Å². The third-order valence-electron chi connectivity index (χ3n) is 3.90. The van der Waals surface area contributed by atoms with Gasteiger partial charge in [0.05, 0.1) is 11.4 Å². The van der Waals surface area contributed by atoms with Crippen LogP contribution in [0, 0.1) is 23.7 Å². The van der Waals surface area contributed by atoms with Crippen LogP contribution in [0.2, 0.25) is 0 Å². The Morgan fingerprint density at radius 2 is 0.870 bits per heavy atom. The molecule has 1 aliphatic heterocycles. The first kappa shape index (κ1) is 22.1. The molecule has 0 atom stereocenters. The first-order chi connectivity index (χ1) is 10.6. The SMILES string of the molecule is CC.CC(C)C1=C(C(C)C)N(C(C)C)C(C(C)C)=C(C(C)C)O1. The lowest BCUT2D eigenvalue weighted by Crippen LogP contribution is -2.40. The van der Waals surface area contributed by atoms with Gasteiger partial charge in [0.15, 0.2) is 0 Å². The topological polar surface area (TPSA) is 12.5 Å². The molecular formula is C21H41NO. The lowest BCUT2D eigenvalue weighted by Gasteiger charge is -2.44. The van der Waals surface area contributed by atoms with Gasteiger partial charge >= 0.3 is 0 Å². The Morgan fingerprint density at radius 3 is 1.04 bits per heavy atom. The fourth-order valence-electron chi connectivity index (χ4n) is 3.10. The smallest absolute Gasteiger partial charge is 0.126 e. The molecule has 0 aromatic carbocycles. The van der Waals surface area contributed by atoms with Crippen molar-refractivity contribution in [2.45, 2.75) is 89.1 Å². The monoisotopic (exact) mass is 323 g/mol.